The quantitative estimate of drug-likeness (QED) is 0.467. The zero-order chi connectivity index (χ0) is 22.7. The normalized spacial score (nSPS) is 14.5. The van der Waals surface area contributed by atoms with E-state index < -0.39 is 0 Å². The van der Waals surface area contributed by atoms with E-state index in [1.807, 2.05) is 6.07 Å². The summed E-state index contributed by atoms with van der Waals surface area (Å²) in [5, 5.41) is 8.60. The van der Waals surface area contributed by atoms with E-state index in [4.69, 9.17) is 14.2 Å². The lowest BCUT2D eigenvalue weighted by Crippen LogP contribution is -2.15. The predicted octanol–water partition coefficient (Wildman–Crippen LogP) is 4.21. The standard InChI is InChI=1S/C21H22N4O5S2/c1-4-30-19(27)12-6-8-16-17(12)24-21(32-16)25-18(26)14-10-31-20(23-14)22-13-7-5-11(28-2)9-15(13)29-3/h5,7,9-10,12H,4,6,8H2,1-3H3,(H,22,23)(H,24,25,26). The van der Waals surface area contributed by atoms with Crippen molar-refractivity contribution in [1.82, 2.24) is 9.97 Å². The summed E-state index contributed by atoms with van der Waals surface area (Å²) in [6.45, 7) is 2.11. The average Bonchev–Trinajstić information content (AvgIpc) is 3.50. The van der Waals surface area contributed by atoms with Crippen LogP contribution in [0.3, 0.4) is 0 Å². The van der Waals surface area contributed by atoms with Gasteiger partial charge in [-0.3, -0.25) is 14.9 Å². The third-order valence-electron chi connectivity index (χ3n) is 4.90. The van der Waals surface area contributed by atoms with E-state index in [0.717, 1.165) is 11.3 Å². The van der Waals surface area contributed by atoms with E-state index in [2.05, 4.69) is 20.6 Å². The van der Waals surface area contributed by atoms with Crippen molar-refractivity contribution < 1.29 is 23.8 Å². The number of nitrogens with zero attached hydrogens (tertiary/aromatic N) is 2. The molecule has 32 heavy (non-hydrogen) atoms. The predicted molar refractivity (Wildman–Crippen MR) is 123 cm³/mol. The number of amides is 1. The van der Waals surface area contributed by atoms with Crippen molar-refractivity contribution in [1.29, 1.82) is 0 Å². The van der Waals surface area contributed by atoms with Crippen molar-refractivity contribution in [3.63, 3.8) is 0 Å². The number of nitrogens with one attached hydrogen (secondary N) is 2. The van der Waals surface area contributed by atoms with Crippen molar-refractivity contribution in [2.24, 2.45) is 0 Å². The SMILES string of the molecule is CCOC(=O)C1CCc2sc(NC(=O)c3csc(Nc4ccc(OC)cc4OC)n3)nc21. The van der Waals surface area contributed by atoms with Gasteiger partial charge in [-0.15, -0.1) is 22.7 Å². The molecule has 0 saturated carbocycles. The van der Waals surface area contributed by atoms with Crippen LogP contribution in [0.2, 0.25) is 0 Å². The highest BCUT2D eigenvalue weighted by atomic mass is 32.1. The molecule has 1 amide bonds. The molecule has 4 rings (SSSR count). The lowest BCUT2D eigenvalue weighted by Gasteiger charge is -2.10. The van der Waals surface area contributed by atoms with Crippen LogP contribution in [-0.4, -0.2) is 42.7 Å². The first-order valence-corrected chi connectivity index (χ1v) is 11.6. The van der Waals surface area contributed by atoms with Gasteiger partial charge in [0.25, 0.3) is 5.91 Å². The number of hydrogen-bond acceptors (Lipinski definition) is 10. The van der Waals surface area contributed by atoms with Crippen LogP contribution in [0.4, 0.5) is 16.0 Å². The first-order valence-electron chi connectivity index (χ1n) is 9.94. The smallest absolute Gasteiger partial charge is 0.315 e. The monoisotopic (exact) mass is 474 g/mol. The molecule has 1 unspecified atom stereocenters. The zero-order valence-corrected chi connectivity index (χ0v) is 19.4. The molecule has 2 N–H and O–H groups in total. The Morgan fingerprint density at radius 1 is 1.19 bits per heavy atom. The van der Waals surface area contributed by atoms with Crippen LogP contribution >= 0.6 is 22.7 Å². The molecule has 0 saturated heterocycles. The van der Waals surface area contributed by atoms with Gasteiger partial charge < -0.3 is 19.5 Å². The molecule has 2 aromatic heterocycles. The third kappa shape index (κ3) is 4.53. The molecule has 1 aromatic carbocycles. The molecule has 0 radical (unpaired) electrons. The Morgan fingerprint density at radius 2 is 2.03 bits per heavy atom. The van der Waals surface area contributed by atoms with Crippen LogP contribution in [0.5, 0.6) is 11.5 Å². The number of benzene rings is 1. The molecule has 0 spiro atoms. The Kier molecular flexibility index (Phi) is 6.56. The maximum Gasteiger partial charge on any atom is 0.315 e. The van der Waals surface area contributed by atoms with Crippen LogP contribution in [0.15, 0.2) is 23.6 Å². The van der Waals surface area contributed by atoms with Gasteiger partial charge in [0.05, 0.1) is 32.2 Å². The van der Waals surface area contributed by atoms with Crippen molar-refractivity contribution in [2.45, 2.75) is 25.7 Å². The first kappa shape index (κ1) is 22.0. The van der Waals surface area contributed by atoms with Gasteiger partial charge in [-0.05, 0) is 31.9 Å². The largest absolute Gasteiger partial charge is 0.497 e. The summed E-state index contributed by atoms with van der Waals surface area (Å²) in [5.41, 5.74) is 1.68. The fraction of sp³-hybridized carbons (Fsp3) is 0.333. The second-order valence-corrected chi connectivity index (χ2v) is 8.80. The fourth-order valence-electron chi connectivity index (χ4n) is 3.37. The van der Waals surface area contributed by atoms with Crippen molar-refractivity contribution in [2.75, 3.05) is 31.5 Å². The van der Waals surface area contributed by atoms with E-state index in [9.17, 15) is 9.59 Å². The van der Waals surface area contributed by atoms with Crippen LogP contribution in [0, 0.1) is 0 Å². The van der Waals surface area contributed by atoms with E-state index in [0.29, 0.717) is 46.2 Å². The number of rotatable bonds is 8. The molecule has 1 atom stereocenters. The number of thiazole rings is 2. The molecule has 1 aliphatic carbocycles. The van der Waals surface area contributed by atoms with Gasteiger partial charge in [0.15, 0.2) is 10.3 Å². The number of esters is 1. The van der Waals surface area contributed by atoms with Gasteiger partial charge in [0, 0.05) is 16.3 Å². The maximum absolute atomic E-state index is 12.7. The summed E-state index contributed by atoms with van der Waals surface area (Å²) in [6.07, 6.45) is 1.44. The topological polar surface area (TPSA) is 112 Å². The molecular formula is C21H22N4O5S2. The lowest BCUT2D eigenvalue weighted by molar-refractivity contribution is -0.145. The van der Waals surface area contributed by atoms with E-state index >= 15 is 0 Å². The fourth-order valence-corrected chi connectivity index (χ4v) is 5.10. The second kappa shape index (κ2) is 9.53. The van der Waals surface area contributed by atoms with Gasteiger partial charge in [-0.25, -0.2) is 9.97 Å². The van der Waals surface area contributed by atoms with Crippen molar-refractivity contribution in [3.05, 3.63) is 39.8 Å². The van der Waals surface area contributed by atoms with E-state index in [1.54, 1.807) is 38.7 Å². The second-order valence-electron chi connectivity index (χ2n) is 6.85. The van der Waals surface area contributed by atoms with Crippen LogP contribution in [0.25, 0.3) is 0 Å². The van der Waals surface area contributed by atoms with Crippen LogP contribution < -0.4 is 20.1 Å². The Hall–Kier alpha value is -3.18. The van der Waals surface area contributed by atoms with Gasteiger partial charge in [-0.2, -0.15) is 0 Å². The van der Waals surface area contributed by atoms with E-state index in [1.165, 1.54) is 22.7 Å². The van der Waals surface area contributed by atoms with Crippen LogP contribution in [-0.2, 0) is 16.0 Å². The summed E-state index contributed by atoms with van der Waals surface area (Å²) >= 11 is 2.68. The highest BCUT2D eigenvalue weighted by Gasteiger charge is 2.34. The number of aryl methyl sites for hydroxylation is 1. The molecule has 11 heteroatoms. The minimum Gasteiger partial charge on any atom is -0.497 e. The molecule has 9 nitrogen and oxygen atoms in total. The van der Waals surface area contributed by atoms with Crippen LogP contribution in [0.1, 0.15) is 40.3 Å². The molecule has 0 aliphatic heterocycles. The number of anilines is 3. The highest BCUT2D eigenvalue weighted by molar-refractivity contribution is 7.16. The number of aromatic nitrogens is 2. The summed E-state index contributed by atoms with van der Waals surface area (Å²) in [6, 6.07) is 5.38. The molecule has 0 bridgehead atoms. The van der Waals surface area contributed by atoms with E-state index in [-0.39, 0.29) is 23.5 Å². The molecule has 168 valence electrons. The van der Waals surface area contributed by atoms with Gasteiger partial charge in [0.2, 0.25) is 0 Å². The third-order valence-corrected chi connectivity index (χ3v) is 6.70. The number of carbonyl (C=O) groups is 2. The Balaban J connectivity index is 1.43. The van der Waals surface area contributed by atoms with Gasteiger partial charge in [0.1, 0.15) is 23.1 Å². The Labute approximate surface area is 192 Å². The number of hydrogen-bond donors (Lipinski definition) is 2. The van der Waals surface area contributed by atoms with Crippen molar-refractivity contribution >= 4 is 50.5 Å². The number of carbonyl (C=O) groups excluding carboxylic acids is 2. The summed E-state index contributed by atoms with van der Waals surface area (Å²) in [7, 11) is 3.15. The Bertz CT molecular complexity index is 1140. The maximum atomic E-state index is 12.7. The highest BCUT2D eigenvalue weighted by Crippen LogP contribution is 2.39. The van der Waals surface area contributed by atoms with Gasteiger partial charge in [-0.1, -0.05) is 0 Å². The molecule has 3 aromatic rings. The summed E-state index contributed by atoms with van der Waals surface area (Å²) in [5.74, 6) is 0.280. The number of ether oxygens (including phenoxy) is 3. The average molecular weight is 475 g/mol. The molecule has 0 fully saturated rings. The van der Waals surface area contributed by atoms with Gasteiger partial charge >= 0.3 is 5.97 Å². The first-order chi connectivity index (χ1) is 15.5. The minimum absolute atomic E-state index is 0.265. The lowest BCUT2D eigenvalue weighted by atomic mass is 10.1. The molecular weight excluding hydrogens is 452 g/mol. The number of methoxy groups -OCH3 is 2. The summed E-state index contributed by atoms with van der Waals surface area (Å²) in [4.78, 5) is 34.6. The zero-order valence-electron chi connectivity index (χ0n) is 17.8. The summed E-state index contributed by atoms with van der Waals surface area (Å²) < 4.78 is 15.7. The Morgan fingerprint density at radius 3 is 2.78 bits per heavy atom. The molecule has 1 aliphatic rings. The van der Waals surface area contributed by atoms with Crippen molar-refractivity contribution in [3.8, 4) is 11.5 Å². The minimum atomic E-state index is -0.365. The number of fused-ring (bicyclic) bond motifs is 1. The molecule has 2 heterocycles.